The van der Waals surface area contributed by atoms with E-state index in [1.165, 1.54) is 4.90 Å². The standard InChI is InChI=1S/C16H24N4O3/c1-19(16(22)12-20-8-6-17-7-9-20)11-15(21)18-13-4-3-5-14(10-13)23-2/h3-5,10,17H,6-9,11-12H2,1-2H3,(H,18,21). The summed E-state index contributed by atoms with van der Waals surface area (Å²) in [5, 5.41) is 6.01. The van der Waals surface area contributed by atoms with Crippen LogP contribution < -0.4 is 15.4 Å². The van der Waals surface area contributed by atoms with Gasteiger partial charge in [0.25, 0.3) is 0 Å². The van der Waals surface area contributed by atoms with Crippen LogP contribution in [0.25, 0.3) is 0 Å². The molecule has 126 valence electrons. The van der Waals surface area contributed by atoms with Gasteiger partial charge < -0.3 is 20.3 Å². The first kappa shape index (κ1) is 17.2. The number of nitrogens with one attached hydrogen (secondary N) is 2. The van der Waals surface area contributed by atoms with Crippen LogP contribution in [0.3, 0.4) is 0 Å². The lowest BCUT2D eigenvalue weighted by Gasteiger charge is -2.28. The van der Waals surface area contributed by atoms with Crippen molar-refractivity contribution in [3.8, 4) is 5.75 Å². The number of methoxy groups -OCH3 is 1. The van der Waals surface area contributed by atoms with Crippen molar-refractivity contribution in [3.63, 3.8) is 0 Å². The van der Waals surface area contributed by atoms with Gasteiger partial charge >= 0.3 is 0 Å². The lowest BCUT2D eigenvalue weighted by Crippen LogP contribution is -2.48. The van der Waals surface area contributed by atoms with Crippen molar-refractivity contribution < 1.29 is 14.3 Å². The lowest BCUT2D eigenvalue weighted by atomic mass is 10.3. The molecule has 0 spiro atoms. The summed E-state index contributed by atoms with van der Waals surface area (Å²) in [4.78, 5) is 27.8. The fraction of sp³-hybridized carbons (Fsp3) is 0.500. The summed E-state index contributed by atoms with van der Waals surface area (Å²) in [7, 11) is 3.22. The minimum atomic E-state index is -0.227. The number of ether oxygens (including phenoxy) is 1. The molecule has 1 aromatic rings. The number of carbonyl (C=O) groups is 2. The largest absolute Gasteiger partial charge is 0.497 e. The summed E-state index contributed by atoms with van der Waals surface area (Å²) in [6.07, 6.45) is 0. The minimum Gasteiger partial charge on any atom is -0.497 e. The molecule has 0 aromatic heterocycles. The van der Waals surface area contributed by atoms with Gasteiger partial charge in [-0.25, -0.2) is 0 Å². The summed E-state index contributed by atoms with van der Waals surface area (Å²) >= 11 is 0. The van der Waals surface area contributed by atoms with Crippen LogP contribution in [-0.4, -0.2) is 75.0 Å². The first-order chi connectivity index (χ1) is 11.1. The van der Waals surface area contributed by atoms with Crippen LogP contribution in [0.4, 0.5) is 5.69 Å². The maximum absolute atomic E-state index is 12.2. The molecule has 2 amide bonds. The molecular formula is C16H24N4O3. The Morgan fingerprint density at radius 2 is 2.09 bits per heavy atom. The van der Waals surface area contributed by atoms with Crippen molar-refractivity contribution in [3.05, 3.63) is 24.3 Å². The molecule has 1 aliphatic heterocycles. The molecular weight excluding hydrogens is 296 g/mol. The molecule has 1 aromatic carbocycles. The Hall–Kier alpha value is -2.12. The van der Waals surface area contributed by atoms with Crippen LogP contribution in [0.5, 0.6) is 5.75 Å². The van der Waals surface area contributed by atoms with E-state index in [-0.39, 0.29) is 18.4 Å². The second-order valence-corrected chi connectivity index (χ2v) is 5.56. The van der Waals surface area contributed by atoms with Gasteiger partial charge in [0.15, 0.2) is 0 Å². The summed E-state index contributed by atoms with van der Waals surface area (Å²) in [5.74, 6) is 0.396. The van der Waals surface area contributed by atoms with Gasteiger partial charge in [-0.3, -0.25) is 14.5 Å². The molecule has 0 atom stereocenters. The summed E-state index contributed by atoms with van der Waals surface area (Å²) in [5.41, 5.74) is 0.650. The number of piperazine rings is 1. The lowest BCUT2D eigenvalue weighted by molar-refractivity contribution is -0.134. The molecule has 2 N–H and O–H groups in total. The monoisotopic (exact) mass is 320 g/mol. The second-order valence-electron chi connectivity index (χ2n) is 5.56. The van der Waals surface area contributed by atoms with E-state index >= 15 is 0 Å². The molecule has 7 nitrogen and oxygen atoms in total. The maximum atomic E-state index is 12.2. The highest BCUT2D eigenvalue weighted by atomic mass is 16.5. The highest BCUT2D eigenvalue weighted by Crippen LogP contribution is 2.16. The van der Waals surface area contributed by atoms with Gasteiger partial charge in [-0.1, -0.05) is 6.07 Å². The third-order valence-electron chi connectivity index (χ3n) is 3.73. The summed E-state index contributed by atoms with van der Waals surface area (Å²) in [6.45, 7) is 3.89. The van der Waals surface area contributed by atoms with E-state index in [0.717, 1.165) is 26.2 Å². The van der Waals surface area contributed by atoms with Crippen LogP contribution in [0.1, 0.15) is 0 Å². The van der Waals surface area contributed by atoms with Gasteiger partial charge in [-0.2, -0.15) is 0 Å². The normalized spacial score (nSPS) is 15.0. The van der Waals surface area contributed by atoms with Crippen molar-refractivity contribution in [2.45, 2.75) is 0 Å². The Kier molecular flexibility index (Phi) is 6.37. The number of amides is 2. The average Bonchev–Trinajstić information content (AvgIpc) is 2.55. The van der Waals surface area contributed by atoms with E-state index in [0.29, 0.717) is 18.0 Å². The van der Waals surface area contributed by atoms with E-state index in [9.17, 15) is 9.59 Å². The van der Waals surface area contributed by atoms with Gasteiger partial charge in [0.2, 0.25) is 11.8 Å². The predicted octanol–water partition coefficient (Wildman–Crippen LogP) is -0.00270. The molecule has 2 rings (SSSR count). The number of benzene rings is 1. The molecule has 23 heavy (non-hydrogen) atoms. The van der Waals surface area contributed by atoms with E-state index < -0.39 is 0 Å². The summed E-state index contributed by atoms with van der Waals surface area (Å²) < 4.78 is 5.11. The number of hydrogen-bond donors (Lipinski definition) is 2. The zero-order chi connectivity index (χ0) is 16.7. The van der Waals surface area contributed by atoms with E-state index in [1.54, 1.807) is 38.4 Å². The van der Waals surface area contributed by atoms with Gasteiger partial charge in [0, 0.05) is 45.0 Å². The zero-order valence-electron chi connectivity index (χ0n) is 13.7. The molecule has 1 saturated heterocycles. The van der Waals surface area contributed by atoms with Crippen LogP contribution in [0, 0.1) is 0 Å². The van der Waals surface area contributed by atoms with Gasteiger partial charge in [-0.15, -0.1) is 0 Å². The molecule has 0 radical (unpaired) electrons. The van der Waals surface area contributed by atoms with Gasteiger partial charge in [0.05, 0.1) is 20.2 Å². The van der Waals surface area contributed by atoms with Gasteiger partial charge in [0.1, 0.15) is 5.75 Å². The second kappa shape index (κ2) is 8.50. The Morgan fingerprint density at radius 3 is 2.78 bits per heavy atom. The fourth-order valence-corrected chi connectivity index (χ4v) is 2.39. The highest BCUT2D eigenvalue weighted by molar-refractivity contribution is 5.94. The van der Waals surface area contributed by atoms with E-state index in [1.807, 2.05) is 0 Å². The van der Waals surface area contributed by atoms with E-state index in [4.69, 9.17) is 4.74 Å². The van der Waals surface area contributed by atoms with Crippen LogP contribution >= 0.6 is 0 Å². The molecule has 0 saturated carbocycles. The van der Waals surface area contributed by atoms with Gasteiger partial charge in [-0.05, 0) is 12.1 Å². The van der Waals surface area contributed by atoms with Crippen LogP contribution in [0.2, 0.25) is 0 Å². The third kappa shape index (κ3) is 5.54. The SMILES string of the molecule is COc1cccc(NC(=O)CN(C)C(=O)CN2CCNCC2)c1. The Morgan fingerprint density at radius 1 is 1.35 bits per heavy atom. The quantitative estimate of drug-likeness (QED) is 0.772. The molecule has 0 unspecified atom stereocenters. The fourth-order valence-electron chi connectivity index (χ4n) is 2.39. The number of nitrogens with zero attached hydrogens (tertiary/aromatic N) is 2. The number of hydrogen-bond acceptors (Lipinski definition) is 5. The Balaban J connectivity index is 1.80. The number of carbonyl (C=O) groups excluding carboxylic acids is 2. The molecule has 0 aliphatic carbocycles. The number of likely N-dealkylation sites (N-methyl/N-ethyl adjacent to an activating group) is 1. The molecule has 1 fully saturated rings. The maximum Gasteiger partial charge on any atom is 0.243 e. The Bertz CT molecular complexity index is 544. The molecule has 1 heterocycles. The third-order valence-corrected chi connectivity index (χ3v) is 3.73. The van der Waals surface area contributed by atoms with Crippen molar-refractivity contribution in [1.29, 1.82) is 0 Å². The minimum absolute atomic E-state index is 0.0299. The molecule has 7 heteroatoms. The van der Waals surface area contributed by atoms with Crippen LogP contribution in [-0.2, 0) is 9.59 Å². The molecule has 1 aliphatic rings. The first-order valence-corrected chi connectivity index (χ1v) is 7.69. The predicted molar refractivity (Wildman–Crippen MR) is 88.6 cm³/mol. The number of anilines is 1. The van der Waals surface area contributed by atoms with Crippen molar-refractivity contribution >= 4 is 17.5 Å². The molecule has 0 bridgehead atoms. The average molecular weight is 320 g/mol. The number of rotatable bonds is 6. The van der Waals surface area contributed by atoms with E-state index in [2.05, 4.69) is 15.5 Å². The highest BCUT2D eigenvalue weighted by Gasteiger charge is 2.18. The first-order valence-electron chi connectivity index (χ1n) is 7.69. The topological polar surface area (TPSA) is 73.9 Å². The smallest absolute Gasteiger partial charge is 0.243 e. The van der Waals surface area contributed by atoms with Crippen LogP contribution in [0.15, 0.2) is 24.3 Å². The van der Waals surface area contributed by atoms with Crippen molar-refractivity contribution in [2.75, 3.05) is 58.7 Å². The zero-order valence-corrected chi connectivity index (χ0v) is 13.7. The summed E-state index contributed by atoms with van der Waals surface area (Å²) in [6, 6.07) is 7.12. The van der Waals surface area contributed by atoms with Crippen molar-refractivity contribution in [2.24, 2.45) is 0 Å². The Labute approximate surface area is 136 Å². The van der Waals surface area contributed by atoms with Crippen molar-refractivity contribution in [1.82, 2.24) is 15.1 Å².